The molecule has 0 aliphatic heterocycles. The molecule has 2 rings (SSSR count). The van der Waals surface area contributed by atoms with Gasteiger partial charge in [0.05, 0.1) is 0 Å². The van der Waals surface area contributed by atoms with Crippen molar-refractivity contribution in [1.29, 1.82) is 0 Å². The molecule has 4 heteroatoms. The Kier molecular flexibility index (Phi) is 2.52. The molecule has 0 aliphatic carbocycles. The van der Waals surface area contributed by atoms with Crippen LogP contribution in [0, 0.1) is 6.92 Å². The van der Waals surface area contributed by atoms with Crippen molar-refractivity contribution in [3.05, 3.63) is 34.4 Å². The molecule has 0 spiro atoms. The largest absolute Gasteiger partial charge is 0.382 e. The molecule has 15 heavy (non-hydrogen) atoms. The lowest BCUT2D eigenvalue weighted by Gasteiger charge is -2.04. The minimum absolute atomic E-state index is 0.571. The van der Waals surface area contributed by atoms with E-state index >= 15 is 0 Å². The zero-order valence-electron chi connectivity index (χ0n) is 8.66. The number of hydrogen-bond acceptors (Lipinski definition) is 2. The maximum atomic E-state index is 5.89. The second-order valence-electron chi connectivity index (χ2n) is 3.45. The van der Waals surface area contributed by atoms with Crippen molar-refractivity contribution in [3.63, 3.8) is 0 Å². The van der Waals surface area contributed by atoms with Crippen molar-refractivity contribution < 1.29 is 0 Å². The Morgan fingerprint density at radius 3 is 2.53 bits per heavy atom. The van der Waals surface area contributed by atoms with Gasteiger partial charge in [-0.3, -0.25) is 4.68 Å². The van der Waals surface area contributed by atoms with Gasteiger partial charge in [-0.1, -0.05) is 34.1 Å². The van der Waals surface area contributed by atoms with E-state index in [0.717, 1.165) is 21.3 Å². The number of nitrogen functional groups attached to an aromatic ring is 1. The lowest BCUT2D eigenvalue weighted by Crippen LogP contribution is -1.93. The Hall–Kier alpha value is -1.29. The average Bonchev–Trinajstić information content (AvgIpc) is 2.43. The van der Waals surface area contributed by atoms with Gasteiger partial charge < -0.3 is 5.73 Å². The summed E-state index contributed by atoms with van der Waals surface area (Å²) in [4.78, 5) is 0. The number of hydrogen-bond donors (Lipinski definition) is 1. The molecule has 0 amide bonds. The van der Waals surface area contributed by atoms with E-state index in [9.17, 15) is 0 Å². The fraction of sp³-hybridized carbons (Fsp3) is 0.182. The zero-order valence-corrected chi connectivity index (χ0v) is 10.2. The van der Waals surface area contributed by atoms with Crippen molar-refractivity contribution in [2.75, 3.05) is 5.73 Å². The molecular formula is C11H12BrN3. The lowest BCUT2D eigenvalue weighted by molar-refractivity contribution is 0.744. The molecule has 1 heterocycles. The summed E-state index contributed by atoms with van der Waals surface area (Å²) >= 11 is 3.52. The molecule has 0 atom stereocenters. The number of anilines is 1. The number of halogens is 1. The van der Waals surface area contributed by atoms with Crippen molar-refractivity contribution in [2.24, 2.45) is 7.05 Å². The number of nitrogens with two attached hydrogens (primary N) is 1. The second-order valence-corrected chi connectivity index (χ2v) is 4.30. The monoisotopic (exact) mass is 265 g/mol. The number of aromatic nitrogens is 2. The number of nitrogens with zero attached hydrogens (tertiary/aromatic N) is 2. The Balaban J connectivity index is 2.69. The van der Waals surface area contributed by atoms with E-state index in [0.29, 0.717) is 5.82 Å². The van der Waals surface area contributed by atoms with E-state index in [2.05, 4.69) is 21.0 Å². The van der Waals surface area contributed by atoms with Gasteiger partial charge in [0.15, 0.2) is 5.82 Å². The fourth-order valence-electron chi connectivity index (χ4n) is 1.63. The summed E-state index contributed by atoms with van der Waals surface area (Å²) in [6.07, 6.45) is 0. The van der Waals surface area contributed by atoms with Gasteiger partial charge in [0.1, 0.15) is 0 Å². The van der Waals surface area contributed by atoms with Gasteiger partial charge in [-0.25, -0.2) is 0 Å². The van der Waals surface area contributed by atoms with E-state index in [1.807, 2.05) is 38.2 Å². The second kappa shape index (κ2) is 3.70. The molecule has 0 fully saturated rings. The molecule has 0 saturated heterocycles. The number of benzene rings is 1. The van der Waals surface area contributed by atoms with Crippen LogP contribution < -0.4 is 5.73 Å². The normalized spacial score (nSPS) is 10.6. The van der Waals surface area contributed by atoms with Gasteiger partial charge in [0.25, 0.3) is 0 Å². The maximum absolute atomic E-state index is 5.89. The minimum atomic E-state index is 0.571. The van der Waals surface area contributed by atoms with E-state index in [-0.39, 0.29) is 0 Å². The maximum Gasteiger partial charge on any atom is 0.153 e. The van der Waals surface area contributed by atoms with Gasteiger partial charge in [-0.15, -0.1) is 0 Å². The van der Waals surface area contributed by atoms with Crippen LogP contribution in [0.3, 0.4) is 0 Å². The average molecular weight is 266 g/mol. The first-order valence-electron chi connectivity index (χ1n) is 4.65. The molecule has 1 aromatic carbocycles. The van der Waals surface area contributed by atoms with Gasteiger partial charge >= 0.3 is 0 Å². The van der Waals surface area contributed by atoms with Crippen LogP contribution in [-0.4, -0.2) is 9.78 Å². The Morgan fingerprint density at radius 1 is 1.33 bits per heavy atom. The fourth-order valence-corrected chi connectivity index (χ4v) is 2.11. The summed E-state index contributed by atoms with van der Waals surface area (Å²) in [5, 5.41) is 4.20. The standard InChI is InChI=1S/C11H12BrN3/c1-7-10(11(13)14-15(7)2)8-5-3-4-6-9(8)12/h3-6H,1-2H3,(H2,13,14). The summed E-state index contributed by atoms with van der Waals surface area (Å²) in [6, 6.07) is 8.01. The highest BCUT2D eigenvalue weighted by Crippen LogP contribution is 2.33. The Bertz CT molecular complexity index is 503. The van der Waals surface area contributed by atoms with Crippen LogP contribution in [0.4, 0.5) is 5.82 Å². The summed E-state index contributed by atoms with van der Waals surface area (Å²) < 4.78 is 2.83. The number of aryl methyl sites for hydroxylation is 1. The highest BCUT2D eigenvalue weighted by Gasteiger charge is 2.13. The smallest absolute Gasteiger partial charge is 0.153 e. The first-order chi connectivity index (χ1) is 7.11. The first kappa shape index (κ1) is 10.2. The summed E-state index contributed by atoms with van der Waals surface area (Å²) in [7, 11) is 1.89. The minimum Gasteiger partial charge on any atom is -0.382 e. The lowest BCUT2D eigenvalue weighted by atomic mass is 10.1. The third kappa shape index (κ3) is 1.65. The molecule has 2 N–H and O–H groups in total. The van der Waals surface area contributed by atoms with Gasteiger partial charge in [-0.05, 0) is 13.0 Å². The summed E-state index contributed by atoms with van der Waals surface area (Å²) in [5.74, 6) is 0.571. The zero-order chi connectivity index (χ0) is 11.0. The molecule has 1 aromatic heterocycles. The van der Waals surface area contributed by atoms with Crippen LogP contribution in [0.15, 0.2) is 28.7 Å². The third-order valence-corrected chi connectivity index (χ3v) is 3.20. The Labute approximate surface area is 97.0 Å². The molecular weight excluding hydrogens is 254 g/mol. The van der Waals surface area contributed by atoms with E-state index < -0.39 is 0 Å². The van der Waals surface area contributed by atoms with Crippen LogP contribution in [0.25, 0.3) is 11.1 Å². The quantitative estimate of drug-likeness (QED) is 0.862. The molecule has 0 unspecified atom stereocenters. The van der Waals surface area contributed by atoms with Gasteiger partial charge in [0.2, 0.25) is 0 Å². The third-order valence-electron chi connectivity index (χ3n) is 2.50. The first-order valence-corrected chi connectivity index (χ1v) is 5.44. The highest BCUT2D eigenvalue weighted by atomic mass is 79.9. The van der Waals surface area contributed by atoms with E-state index in [1.165, 1.54) is 0 Å². The van der Waals surface area contributed by atoms with E-state index in [1.54, 1.807) is 4.68 Å². The van der Waals surface area contributed by atoms with Crippen molar-refractivity contribution in [2.45, 2.75) is 6.92 Å². The van der Waals surface area contributed by atoms with Crippen LogP contribution in [0.2, 0.25) is 0 Å². The number of rotatable bonds is 1. The molecule has 0 saturated carbocycles. The SMILES string of the molecule is Cc1c(-c2ccccc2Br)c(N)nn1C. The molecule has 2 aromatic rings. The van der Waals surface area contributed by atoms with Crippen LogP contribution in [0.1, 0.15) is 5.69 Å². The van der Waals surface area contributed by atoms with Crippen LogP contribution in [-0.2, 0) is 7.05 Å². The summed E-state index contributed by atoms with van der Waals surface area (Å²) in [5.41, 5.74) is 9.05. The van der Waals surface area contributed by atoms with Crippen LogP contribution >= 0.6 is 15.9 Å². The predicted octanol–water partition coefficient (Wildman–Crippen LogP) is 2.74. The molecule has 0 bridgehead atoms. The van der Waals surface area contributed by atoms with Crippen molar-refractivity contribution in [1.82, 2.24) is 9.78 Å². The topological polar surface area (TPSA) is 43.8 Å². The molecule has 0 radical (unpaired) electrons. The molecule has 3 nitrogen and oxygen atoms in total. The molecule has 0 aliphatic rings. The van der Waals surface area contributed by atoms with Crippen molar-refractivity contribution in [3.8, 4) is 11.1 Å². The van der Waals surface area contributed by atoms with Gasteiger partial charge in [-0.2, -0.15) is 5.10 Å². The predicted molar refractivity (Wildman–Crippen MR) is 65.5 cm³/mol. The van der Waals surface area contributed by atoms with Crippen LogP contribution in [0.5, 0.6) is 0 Å². The summed E-state index contributed by atoms with van der Waals surface area (Å²) in [6.45, 7) is 2.01. The Morgan fingerprint density at radius 2 is 2.00 bits per heavy atom. The highest BCUT2D eigenvalue weighted by molar-refractivity contribution is 9.10. The van der Waals surface area contributed by atoms with E-state index in [4.69, 9.17) is 5.73 Å². The molecule has 78 valence electrons. The van der Waals surface area contributed by atoms with Gasteiger partial charge in [0, 0.05) is 28.3 Å². The van der Waals surface area contributed by atoms with Crippen molar-refractivity contribution >= 4 is 21.7 Å².